The van der Waals surface area contributed by atoms with Gasteiger partial charge in [0, 0.05) is 11.8 Å². The molecule has 0 radical (unpaired) electrons. The average molecular weight is 449 g/mol. The maximum Gasteiger partial charge on any atom is 0.312 e. The van der Waals surface area contributed by atoms with Crippen molar-refractivity contribution in [3.63, 3.8) is 0 Å². The summed E-state index contributed by atoms with van der Waals surface area (Å²) < 4.78 is 18.1. The van der Waals surface area contributed by atoms with Gasteiger partial charge in [0.1, 0.15) is 0 Å². The molecule has 6 heteroatoms. The van der Waals surface area contributed by atoms with Crippen molar-refractivity contribution in [3.05, 3.63) is 11.3 Å². The van der Waals surface area contributed by atoms with Gasteiger partial charge in [-0.2, -0.15) is 0 Å². The Kier molecular flexibility index (Phi) is 4.97. The Bertz CT molecular complexity index is 854. The molecular weight excluding hydrogens is 408 g/mol. The van der Waals surface area contributed by atoms with E-state index in [0.717, 1.165) is 31.4 Å². The molecule has 0 aromatic heterocycles. The number of allylic oxidation sites excluding steroid dienone is 2. The van der Waals surface area contributed by atoms with Crippen LogP contribution in [0.15, 0.2) is 11.3 Å². The zero-order valence-electron chi connectivity index (χ0n) is 20.8. The van der Waals surface area contributed by atoms with Crippen molar-refractivity contribution in [2.24, 2.45) is 22.7 Å². The number of hydrogen-bond acceptors (Lipinski definition) is 5. The Labute approximate surface area is 188 Å². The highest BCUT2D eigenvalue weighted by atomic mass is 28.4. The van der Waals surface area contributed by atoms with Crippen molar-refractivity contribution in [1.82, 2.24) is 0 Å². The van der Waals surface area contributed by atoms with Gasteiger partial charge in [0.25, 0.3) is 0 Å². The third-order valence-corrected chi connectivity index (χ3v) is 14.2. The van der Waals surface area contributed by atoms with Crippen LogP contribution in [0.3, 0.4) is 0 Å². The van der Waals surface area contributed by atoms with Crippen LogP contribution >= 0.6 is 0 Å². The predicted octanol–water partition coefficient (Wildman–Crippen LogP) is 5.40. The normalized spacial score (nSPS) is 42.4. The first-order valence-electron chi connectivity index (χ1n) is 11.8. The standard InChI is InChI=1S/C25H40O5Si/c1-15-16-10-12-23(5)18(14-19-24(6,29-19)20(23)26)25(16,21(27)28-7)13-11-17(15)30-31(8,9)22(2,3)4/h16,18-19H,10-14H2,1-9H3/t16-,18+,19+,23-,24+,25-/m1/s1. The molecular formula is C25H40O5Si. The van der Waals surface area contributed by atoms with Crippen LogP contribution in [0.4, 0.5) is 0 Å². The van der Waals surface area contributed by atoms with Gasteiger partial charge in [-0.05, 0) is 75.1 Å². The maximum atomic E-state index is 13.5. The second kappa shape index (κ2) is 6.69. The van der Waals surface area contributed by atoms with E-state index in [1.807, 2.05) is 6.92 Å². The topological polar surface area (TPSA) is 65.1 Å². The summed E-state index contributed by atoms with van der Waals surface area (Å²) >= 11 is 0. The SMILES string of the molecule is COC(=O)[C@]12CCC(O[Si](C)(C)C(C)(C)C)=C(C)[C@H]1CC[C@@]1(C)C(=O)[C@@]3(C)O[C@H]3C[C@H]21. The molecule has 174 valence electrons. The van der Waals surface area contributed by atoms with Gasteiger partial charge >= 0.3 is 5.97 Å². The van der Waals surface area contributed by atoms with Crippen molar-refractivity contribution in [3.8, 4) is 0 Å². The summed E-state index contributed by atoms with van der Waals surface area (Å²) in [6.07, 6.45) is 3.71. The Morgan fingerprint density at radius 1 is 1.19 bits per heavy atom. The number of carbonyl (C=O) groups is 2. The molecule has 0 aromatic carbocycles. The van der Waals surface area contributed by atoms with Gasteiger partial charge in [-0.1, -0.05) is 27.7 Å². The summed E-state index contributed by atoms with van der Waals surface area (Å²) in [5.41, 5.74) is -0.661. The number of esters is 1. The Hall–Kier alpha value is -1.14. The molecule has 4 rings (SSSR count). The highest BCUT2D eigenvalue weighted by Gasteiger charge is 2.75. The van der Waals surface area contributed by atoms with Crippen LogP contribution in [0, 0.1) is 22.7 Å². The van der Waals surface area contributed by atoms with E-state index in [9.17, 15) is 9.59 Å². The van der Waals surface area contributed by atoms with Crippen molar-refractivity contribution >= 4 is 20.1 Å². The number of fused-ring (bicyclic) bond motifs is 4. The second-order valence-corrected chi connectivity index (χ2v) is 17.1. The molecule has 6 atom stereocenters. The van der Waals surface area contributed by atoms with E-state index in [0.29, 0.717) is 6.42 Å². The monoisotopic (exact) mass is 448 g/mol. The molecule has 0 unspecified atom stereocenters. The van der Waals surface area contributed by atoms with Crippen molar-refractivity contribution in [2.45, 2.75) is 103 Å². The molecule has 1 aliphatic heterocycles. The number of rotatable bonds is 3. The van der Waals surface area contributed by atoms with Gasteiger partial charge in [0.15, 0.2) is 11.4 Å². The quantitative estimate of drug-likeness (QED) is 0.329. The summed E-state index contributed by atoms with van der Waals surface area (Å²) in [5.74, 6) is 1.12. The summed E-state index contributed by atoms with van der Waals surface area (Å²) in [6, 6.07) is 0. The van der Waals surface area contributed by atoms with Gasteiger partial charge in [0.05, 0.1) is 24.4 Å². The first-order chi connectivity index (χ1) is 14.1. The fourth-order valence-electron chi connectivity index (χ4n) is 6.78. The number of epoxide rings is 1. The molecule has 0 aromatic rings. The summed E-state index contributed by atoms with van der Waals surface area (Å²) in [4.78, 5) is 27.0. The fourth-order valence-corrected chi connectivity index (χ4v) is 7.96. The van der Waals surface area contributed by atoms with E-state index in [2.05, 4.69) is 47.7 Å². The number of ketones is 1. The van der Waals surface area contributed by atoms with Gasteiger partial charge in [-0.25, -0.2) is 0 Å². The first-order valence-corrected chi connectivity index (χ1v) is 14.8. The minimum Gasteiger partial charge on any atom is -0.547 e. The molecule has 1 saturated heterocycles. The molecule has 0 spiro atoms. The zero-order chi connectivity index (χ0) is 23.2. The van der Waals surface area contributed by atoms with Crippen LogP contribution in [0.1, 0.15) is 73.6 Å². The number of Topliss-reactive ketones (excluding diaryl/α,β-unsaturated/α-hetero) is 1. The summed E-state index contributed by atoms with van der Waals surface area (Å²) in [7, 11) is -0.484. The third kappa shape index (κ3) is 2.96. The van der Waals surface area contributed by atoms with Gasteiger partial charge in [-0.15, -0.1) is 0 Å². The summed E-state index contributed by atoms with van der Waals surface area (Å²) in [5, 5.41) is 0.117. The third-order valence-electron chi connectivity index (χ3n) is 9.81. The van der Waals surface area contributed by atoms with Crippen molar-refractivity contribution < 1.29 is 23.5 Å². The molecule has 0 N–H and O–H groups in total. The van der Waals surface area contributed by atoms with Gasteiger partial charge in [0.2, 0.25) is 8.32 Å². The molecule has 1 heterocycles. The highest BCUT2D eigenvalue weighted by Crippen LogP contribution is 2.68. The Morgan fingerprint density at radius 2 is 1.84 bits per heavy atom. The number of hydrogen-bond donors (Lipinski definition) is 0. The predicted molar refractivity (Wildman–Crippen MR) is 122 cm³/mol. The van der Waals surface area contributed by atoms with E-state index in [-0.39, 0.29) is 34.7 Å². The van der Waals surface area contributed by atoms with Crippen LogP contribution in [-0.2, 0) is 23.5 Å². The van der Waals surface area contributed by atoms with E-state index >= 15 is 0 Å². The van der Waals surface area contributed by atoms with E-state index in [1.54, 1.807) is 0 Å². The van der Waals surface area contributed by atoms with Crippen LogP contribution in [-0.4, -0.2) is 38.9 Å². The van der Waals surface area contributed by atoms with Crippen LogP contribution < -0.4 is 0 Å². The molecule has 5 nitrogen and oxygen atoms in total. The molecule has 31 heavy (non-hydrogen) atoms. The van der Waals surface area contributed by atoms with Crippen molar-refractivity contribution in [1.29, 1.82) is 0 Å². The largest absolute Gasteiger partial charge is 0.547 e. The Balaban J connectivity index is 1.76. The average Bonchev–Trinajstić information content (AvgIpc) is 3.35. The molecule has 2 saturated carbocycles. The number of carbonyl (C=O) groups excluding carboxylic acids is 2. The Morgan fingerprint density at radius 3 is 2.42 bits per heavy atom. The van der Waals surface area contributed by atoms with E-state index in [4.69, 9.17) is 13.9 Å². The number of ether oxygens (including phenoxy) is 2. The lowest BCUT2D eigenvalue weighted by atomic mass is 9.43. The van der Waals surface area contributed by atoms with Crippen LogP contribution in [0.25, 0.3) is 0 Å². The lowest BCUT2D eigenvalue weighted by molar-refractivity contribution is -0.179. The van der Waals surface area contributed by atoms with Gasteiger partial charge < -0.3 is 13.9 Å². The molecule has 0 bridgehead atoms. The van der Waals surface area contributed by atoms with E-state index < -0.39 is 24.7 Å². The first kappa shape index (κ1) is 23.0. The lowest BCUT2D eigenvalue weighted by Gasteiger charge is -2.58. The molecule has 4 aliphatic rings. The highest BCUT2D eigenvalue weighted by molar-refractivity contribution is 6.74. The molecule has 3 aliphatic carbocycles. The smallest absolute Gasteiger partial charge is 0.312 e. The minimum atomic E-state index is -1.97. The van der Waals surface area contributed by atoms with Crippen molar-refractivity contribution in [2.75, 3.05) is 7.11 Å². The second-order valence-electron chi connectivity index (χ2n) is 12.3. The minimum absolute atomic E-state index is 0.0522. The summed E-state index contributed by atoms with van der Waals surface area (Å²) in [6.45, 7) is 17.5. The molecule has 3 fully saturated rings. The lowest BCUT2D eigenvalue weighted by Crippen LogP contribution is -2.62. The van der Waals surface area contributed by atoms with Gasteiger partial charge in [-0.3, -0.25) is 9.59 Å². The number of methoxy groups -OCH3 is 1. The van der Waals surface area contributed by atoms with Crippen LogP contribution in [0.5, 0.6) is 0 Å². The molecule has 0 amide bonds. The fraction of sp³-hybridized carbons (Fsp3) is 0.840. The van der Waals surface area contributed by atoms with E-state index in [1.165, 1.54) is 12.7 Å². The van der Waals surface area contributed by atoms with Crippen LogP contribution in [0.2, 0.25) is 18.1 Å². The zero-order valence-corrected chi connectivity index (χ0v) is 21.8. The maximum absolute atomic E-state index is 13.5.